The SMILES string of the molecule is COC1=C(OC)C(OC)CC(/C=N/c2nc(-c3ccc(OC)cc3)c(-c3ccc(OC)cc3)s2)=C1. The van der Waals surface area contributed by atoms with Gasteiger partial charge in [-0.25, -0.2) is 9.98 Å². The van der Waals surface area contributed by atoms with Gasteiger partial charge in [0.25, 0.3) is 0 Å². The maximum Gasteiger partial charge on any atom is 0.210 e. The Balaban J connectivity index is 1.71. The summed E-state index contributed by atoms with van der Waals surface area (Å²) < 4.78 is 27.2. The summed E-state index contributed by atoms with van der Waals surface area (Å²) in [7, 11) is 8.19. The first kappa shape index (κ1) is 24.5. The molecule has 1 aliphatic carbocycles. The Labute approximate surface area is 209 Å². The summed E-state index contributed by atoms with van der Waals surface area (Å²) in [5.41, 5.74) is 3.85. The molecule has 0 aliphatic heterocycles. The van der Waals surface area contributed by atoms with E-state index in [4.69, 9.17) is 33.7 Å². The molecule has 0 spiro atoms. The number of allylic oxidation sites excluding steroid dienone is 1. The van der Waals surface area contributed by atoms with Crippen LogP contribution in [-0.2, 0) is 14.2 Å². The molecule has 1 aromatic heterocycles. The van der Waals surface area contributed by atoms with Crippen LogP contribution in [0.25, 0.3) is 21.7 Å². The highest BCUT2D eigenvalue weighted by Gasteiger charge is 2.25. The van der Waals surface area contributed by atoms with Crippen LogP contribution in [0.2, 0.25) is 0 Å². The van der Waals surface area contributed by atoms with Crippen LogP contribution in [0.5, 0.6) is 11.5 Å². The number of methoxy groups -OCH3 is 5. The van der Waals surface area contributed by atoms with Crippen LogP contribution in [0.1, 0.15) is 6.42 Å². The summed E-state index contributed by atoms with van der Waals surface area (Å²) in [5, 5.41) is 0.650. The molecule has 2 aromatic carbocycles. The van der Waals surface area contributed by atoms with Crippen molar-refractivity contribution in [1.29, 1.82) is 0 Å². The molecule has 0 N–H and O–H groups in total. The molecule has 0 radical (unpaired) electrons. The smallest absolute Gasteiger partial charge is 0.210 e. The van der Waals surface area contributed by atoms with E-state index in [1.807, 2.05) is 60.8 Å². The summed E-state index contributed by atoms with van der Waals surface area (Å²) in [6.45, 7) is 0. The lowest BCUT2D eigenvalue weighted by Crippen LogP contribution is -2.22. The van der Waals surface area contributed by atoms with Gasteiger partial charge in [0, 0.05) is 25.3 Å². The fraction of sp³-hybridized carbons (Fsp3) is 0.259. The highest BCUT2D eigenvalue weighted by Crippen LogP contribution is 2.41. The van der Waals surface area contributed by atoms with E-state index in [9.17, 15) is 0 Å². The highest BCUT2D eigenvalue weighted by atomic mass is 32.1. The molecular formula is C27H28N2O5S. The summed E-state index contributed by atoms with van der Waals surface area (Å²) in [6.07, 6.45) is 4.12. The second-order valence-electron chi connectivity index (χ2n) is 7.67. The van der Waals surface area contributed by atoms with E-state index in [0.29, 0.717) is 23.1 Å². The number of ether oxygens (including phenoxy) is 5. The normalized spacial score (nSPS) is 15.8. The Hall–Kier alpha value is -3.62. The molecule has 182 valence electrons. The molecule has 0 saturated heterocycles. The maximum atomic E-state index is 5.59. The number of hydrogen-bond acceptors (Lipinski definition) is 8. The van der Waals surface area contributed by atoms with Crippen molar-refractivity contribution in [3.63, 3.8) is 0 Å². The molecular weight excluding hydrogens is 464 g/mol. The highest BCUT2D eigenvalue weighted by molar-refractivity contribution is 7.19. The monoisotopic (exact) mass is 492 g/mol. The molecule has 4 rings (SSSR count). The molecule has 1 unspecified atom stereocenters. The molecule has 0 fully saturated rings. The fourth-order valence-corrected chi connectivity index (χ4v) is 4.76. The molecule has 0 amide bonds. The number of aliphatic imine (C=N–C) groups is 1. The number of hydrogen-bond donors (Lipinski definition) is 0. The predicted octanol–water partition coefficient (Wildman–Crippen LogP) is 6.05. The zero-order valence-corrected chi connectivity index (χ0v) is 21.2. The van der Waals surface area contributed by atoms with Crippen LogP contribution in [0.15, 0.2) is 76.7 Å². The molecule has 1 atom stereocenters. The number of benzene rings is 2. The summed E-state index contributed by atoms with van der Waals surface area (Å²) >= 11 is 1.53. The fourth-order valence-electron chi connectivity index (χ4n) is 3.82. The Morgan fingerprint density at radius 3 is 2.00 bits per heavy atom. The van der Waals surface area contributed by atoms with Crippen molar-refractivity contribution in [3.8, 4) is 33.2 Å². The average molecular weight is 493 g/mol. The third-order valence-electron chi connectivity index (χ3n) is 5.67. The standard InChI is InChI=1S/C27H28N2O5S/c1-30-20-10-6-18(7-11-20)24-26(19-8-12-21(31-2)13-9-19)35-27(29-24)28-16-17-14-22(32-3)25(34-5)23(15-17)33-4/h6-14,16,23H,15H2,1-5H3/b28-16+. The topological polar surface area (TPSA) is 71.4 Å². The zero-order chi connectivity index (χ0) is 24.8. The average Bonchev–Trinajstić information content (AvgIpc) is 3.35. The number of thiazole rings is 1. The second-order valence-corrected chi connectivity index (χ2v) is 8.65. The number of nitrogens with zero attached hydrogens (tertiary/aromatic N) is 2. The van der Waals surface area contributed by atoms with E-state index in [-0.39, 0.29) is 6.10 Å². The van der Waals surface area contributed by atoms with Gasteiger partial charge in [-0.1, -0.05) is 11.3 Å². The summed E-state index contributed by atoms with van der Waals surface area (Å²) in [6, 6.07) is 15.8. The Morgan fingerprint density at radius 1 is 0.829 bits per heavy atom. The summed E-state index contributed by atoms with van der Waals surface area (Å²) in [5.74, 6) is 2.90. The lowest BCUT2D eigenvalue weighted by molar-refractivity contribution is 0.0664. The van der Waals surface area contributed by atoms with Gasteiger partial charge in [0.05, 0.1) is 39.0 Å². The lowest BCUT2D eigenvalue weighted by Gasteiger charge is -2.24. The van der Waals surface area contributed by atoms with Crippen LogP contribution in [0.3, 0.4) is 0 Å². The van der Waals surface area contributed by atoms with E-state index in [0.717, 1.165) is 38.8 Å². The van der Waals surface area contributed by atoms with Crippen LogP contribution >= 0.6 is 11.3 Å². The van der Waals surface area contributed by atoms with Crippen LogP contribution in [-0.4, -0.2) is 52.9 Å². The molecule has 35 heavy (non-hydrogen) atoms. The van der Waals surface area contributed by atoms with Gasteiger partial charge in [0.1, 0.15) is 17.6 Å². The third-order valence-corrected chi connectivity index (χ3v) is 6.68. The Bertz CT molecular complexity index is 1180. The third kappa shape index (κ3) is 5.39. The minimum absolute atomic E-state index is 0.234. The molecule has 3 aromatic rings. The van der Waals surface area contributed by atoms with Crippen molar-refractivity contribution in [2.75, 3.05) is 35.5 Å². The van der Waals surface area contributed by atoms with Gasteiger partial charge in [-0.05, 0) is 65.7 Å². The molecule has 8 heteroatoms. The van der Waals surface area contributed by atoms with Gasteiger partial charge in [-0.2, -0.15) is 0 Å². The van der Waals surface area contributed by atoms with Gasteiger partial charge in [0.15, 0.2) is 11.5 Å². The van der Waals surface area contributed by atoms with Crippen molar-refractivity contribution >= 4 is 22.7 Å². The first-order valence-corrected chi connectivity index (χ1v) is 11.8. The molecule has 1 aliphatic rings. The van der Waals surface area contributed by atoms with Gasteiger partial charge in [-0.3, -0.25) is 0 Å². The molecule has 0 saturated carbocycles. The first-order valence-electron chi connectivity index (χ1n) is 11.0. The van der Waals surface area contributed by atoms with Crippen LogP contribution in [0.4, 0.5) is 5.13 Å². The first-order chi connectivity index (χ1) is 17.1. The van der Waals surface area contributed by atoms with E-state index >= 15 is 0 Å². The number of rotatable bonds is 9. The van der Waals surface area contributed by atoms with Gasteiger partial charge >= 0.3 is 0 Å². The van der Waals surface area contributed by atoms with E-state index in [1.165, 1.54) is 11.3 Å². The van der Waals surface area contributed by atoms with E-state index in [1.54, 1.807) is 35.5 Å². The number of aromatic nitrogens is 1. The van der Waals surface area contributed by atoms with Crippen molar-refractivity contribution < 1.29 is 23.7 Å². The van der Waals surface area contributed by atoms with Crippen molar-refractivity contribution in [2.24, 2.45) is 4.99 Å². The van der Waals surface area contributed by atoms with E-state index < -0.39 is 0 Å². The van der Waals surface area contributed by atoms with Crippen molar-refractivity contribution in [1.82, 2.24) is 4.98 Å². The largest absolute Gasteiger partial charge is 0.497 e. The molecule has 7 nitrogen and oxygen atoms in total. The van der Waals surface area contributed by atoms with Crippen LogP contribution in [0, 0.1) is 0 Å². The quantitative estimate of drug-likeness (QED) is 0.339. The van der Waals surface area contributed by atoms with Gasteiger partial charge < -0.3 is 23.7 Å². The van der Waals surface area contributed by atoms with Gasteiger partial charge in [0.2, 0.25) is 5.13 Å². The minimum atomic E-state index is -0.234. The van der Waals surface area contributed by atoms with Crippen molar-refractivity contribution in [3.05, 3.63) is 71.7 Å². The van der Waals surface area contributed by atoms with Gasteiger partial charge in [-0.15, -0.1) is 0 Å². The predicted molar refractivity (Wildman–Crippen MR) is 139 cm³/mol. The Kier molecular flexibility index (Phi) is 7.84. The lowest BCUT2D eigenvalue weighted by atomic mass is 10.0. The summed E-state index contributed by atoms with van der Waals surface area (Å²) in [4.78, 5) is 10.6. The zero-order valence-electron chi connectivity index (χ0n) is 20.4. The van der Waals surface area contributed by atoms with Crippen LogP contribution < -0.4 is 9.47 Å². The van der Waals surface area contributed by atoms with Crippen molar-refractivity contribution in [2.45, 2.75) is 12.5 Å². The second kappa shape index (κ2) is 11.2. The molecule has 1 heterocycles. The Morgan fingerprint density at radius 2 is 1.46 bits per heavy atom. The maximum absolute atomic E-state index is 5.59. The molecule has 0 bridgehead atoms. The minimum Gasteiger partial charge on any atom is -0.497 e. The van der Waals surface area contributed by atoms with E-state index in [2.05, 4.69) is 0 Å².